The predicted molar refractivity (Wildman–Crippen MR) is 52.9 cm³/mol. The van der Waals surface area contributed by atoms with Crippen LogP contribution in [-0.2, 0) is 9.53 Å². The van der Waals surface area contributed by atoms with Gasteiger partial charge < -0.3 is 15.4 Å². The number of carbonyl (C=O) groups is 1. The van der Waals surface area contributed by atoms with E-state index >= 15 is 0 Å². The van der Waals surface area contributed by atoms with Crippen LogP contribution in [-0.4, -0.2) is 38.3 Å². The Morgan fingerprint density at radius 1 is 1.21 bits per heavy atom. The number of ether oxygens (including phenoxy) is 1. The summed E-state index contributed by atoms with van der Waals surface area (Å²) in [5, 5.41) is 6.75. The molecule has 2 N–H and O–H groups in total. The number of hydrogen-bond acceptors (Lipinski definition) is 4. The normalized spacial score (nSPS) is 36.5. The van der Waals surface area contributed by atoms with Crippen LogP contribution in [0.25, 0.3) is 0 Å². The zero-order chi connectivity index (χ0) is 9.97. The Kier molecular flexibility index (Phi) is 3.03. The molecule has 0 radical (unpaired) electrons. The van der Waals surface area contributed by atoms with E-state index in [2.05, 4.69) is 10.6 Å². The van der Waals surface area contributed by atoms with Gasteiger partial charge in [0.25, 0.3) is 0 Å². The molecule has 0 aliphatic carbocycles. The van der Waals surface area contributed by atoms with Gasteiger partial charge in [0, 0.05) is 44.4 Å². The quantitative estimate of drug-likeness (QED) is 0.601. The van der Waals surface area contributed by atoms with Gasteiger partial charge in [0.2, 0.25) is 0 Å². The van der Waals surface area contributed by atoms with Crippen LogP contribution in [0.15, 0.2) is 0 Å². The van der Waals surface area contributed by atoms with Gasteiger partial charge in [-0.05, 0) is 0 Å². The van der Waals surface area contributed by atoms with Crippen LogP contribution >= 0.6 is 0 Å². The van der Waals surface area contributed by atoms with Crippen LogP contribution in [0, 0.1) is 11.8 Å². The Hall–Kier alpha value is -0.610. The molecule has 0 spiro atoms. The fourth-order valence-electron chi connectivity index (χ4n) is 2.33. The number of fused-ring (bicyclic) bond motifs is 2. The third-order valence-electron chi connectivity index (χ3n) is 3.11. The van der Waals surface area contributed by atoms with Gasteiger partial charge in [-0.1, -0.05) is 6.92 Å². The predicted octanol–water partition coefficient (Wildman–Crippen LogP) is -0.253. The molecule has 80 valence electrons. The van der Waals surface area contributed by atoms with Crippen LogP contribution in [0.5, 0.6) is 0 Å². The molecule has 14 heavy (non-hydrogen) atoms. The van der Waals surface area contributed by atoms with E-state index < -0.39 is 0 Å². The number of piperidine rings is 2. The lowest BCUT2D eigenvalue weighted by atomic mass is 9.83. The van der Waals surface area contributed by atoms with Crippen LogP contribution in [0.2, 0.25) is 0 Å². The molecule has 2 aliphatic rings. The standard InChI is InChI=1S/C10H18N2O2/c1-2-9(13)14-10-7-3-11-5-8(10)6-12-4-7/h7-8,10-12H,2-6H2,1H3. The monoisotopic (exact) mass is 198 g/mol. The van der Waals surface area contributed by atoms with E-state index in [4.69, 9.17) is 4.74 Å². The van der Waals surface area contributed by atoms with Gasteiger partial charge in [-0.15, -0.1) is 0 Å². The SMILES string of the molecule is CCC(=O)OC1C2CNCC1CNC2. The molecule has 2 saturated heterocycles. The summed E-state index contributed by atoms with van der Waals surface area (Å²) in [6.45, 7) is 5.70. The van der Waals surface area contributed by atoms with E-state index in [-0.39, 0.29) is 12.1 Å². The molecule has 2 bridgehead atoms. The minimum Gasteiger partial charge on any atom is -0.462 e. The van der Waals surface area contributed by atoms with Crippen molar-refractivity contribution in [3.05, 3.63) is 0 Å². The topological polar surface area (TPSA) is 50.4 Å². The van der Waals surface area contributed by atoms with E-state index in [0.717, 1.165) is 26.2 Å². The second kappa shape index (κ2) is 4.28. The Bertz CT molecular complexity index is 198. The van der Waals surface area contributed by atoms with Crippen molar-refractivity contribution in [1.29, 1.82) is 0 Å². The molecule has 2 rings (SSSR count). The lowest BCUT2D eigenvalue weighted by molar-refractivity contribution is -0.157. The molecule has 2 aliphatic heterocycles. The summed E-state index contributed by atoms with van der Waals surface area (Å²) in [5.41, 5.74) is 0. The first-order valence-electron chi connectivity index (χ1n) is 5.42. The number of esters is 1. The summed E-state index contributed by atoms with van der Waals surface area (Å²) in [7, 11) is 0. The average molecular weight is 198 g/mol. The third kappa shape index (κ3) is 1.91. The van der Waals surface area contributed by atoms with Gasteiger partial charge in [0.05, 0.1) is 0 Å². The van der Waals surface area contributed by atoms with Crippen molar-refractivity contribution >= 4 is 5.97 Å². The summed E-state index contributed by atoms with van der Waals surface area (Å²) in [6.07, 6.45) is 0.626. The second-order valence-corrected chi connectivity index (χ2v) is 4.14. The Balaban J connectivity index is 1.98. The van der Waals surface area contributed by atoms with E-state index in [1.807, 2.05) is 6.92 Å². The molecule has 0 aromatic rings. The molecule has 0 atom stereocenters. The van der Waals surface area contributed by atoms with Crippen LogP contribution in [0.4, 0.5) is 0 Å². The molecule has 0 saturated carbocycles. The van der Waals surface area contributed by atoms with Gasteiger partial charge in [0.1, 0.15) is 6.10 Å². The van der Waals surface area contributed by atoms with E-state index in [1.165, 1.54) is 0 Å². The smallest absolute Gasteiger partial charge is 0.305 e. The van der Waals surface area contributed by atoms with Gasteiger partial charge >= 0.3 is 5.97 Å². The molecule has 2 heterocycles. The van der Waals surface area contributed by atoms with E-state index in [1.54, 1.807) is 0 Å². The summed E-state index contributed by atoms with van der Waals surface area (Å²) < 4.78 is 5.49. The van der Waals surface area contributed by atoms with Gasteiger partial charge in [-0.3, -0.25) is 4.79 Å². The molecule has 0 amide bonds. The lowest BCUT2D eigenvalue weighted by Crippen LogP contribution is -2.59. The Morgan fingerprint density at radius 3 is 2.14 bits per heavy atom. The molecule has 4 nitrogen and oxygen atoms in total. The van der Waals surface area contributed by atoms with Crippen molar-refractivity contribution in [2.45, 2.75) is 19.4 Å². The summed E-state index contributed by atoms with van der Waals surface area (Å²) in [6, 6.07) is 0. The average Bonchev–Trinajstić information content (AvgIpc) is 2.17. The van der Waals surface area contributed by atoms with Gasteiger partial charge in [-0.2, -0.15) is 0 Å². The molecular weight excluding hydrogens is 180 g/mol. The van der Waals surface area contributed by atoms with Crippen molar-refractivity contribution in [2.75, 3.05) is 26.2 Å². The minimum absolute atomic E-state index is 0.0613. The third-order valence-corrected chi connectivity index (χ3v) is 3.11. The highest BCUT2D eigenvalue weighted by Gasteiger charge is 2.38. The molecule has 0 aromatic heterocycles. The molecule has 0 aromatic carbocycles. The highest BCUT2D eigenvalue weighted by atomic mass is 16.5. The van der Waals surface area contributed by atoms with Gasteiger partial charge in [-0.25, -0.2) is 0 Å². The van der Waals surface area contributed by atoms with Crippen molar-refractivity contribution in [3.63, 3.8) is 0 Å². The fraction of sp³-hybridized carbons (Fsp3) is 0.900. The van der Waals surface area contributed by atoms with Crippen LogP contribution < -0.4 is 10.6 Å². The summed E-state index contributed by atoms with van der Waals surface area (Å²) in [4.78, 5) is 11.2. The van der Waals surface area contributed by atoms with E-state index in [9.17, 15) is 4.79 Å². The summed E-state index contributed by atoms with van der Waals surface area (Å²) in [5.74, 6) is 0.852. The number of nitrogens with one attached hydrogen (secondary N) is 2. The molecular formula is C10H18N2O2. The maximum atomic E-state index is 11.2. The van der Waals surface area contributed by atoms with Crippen molar-refractivity contribution in [3.8, 4) is 0 Å². The zero-order valence-electron chi connectivity index (χ0n) is 8.58. The number of hydrogen-bond donors (Lipinski definition) is 2. The maximum absolute atomic E-state index is 11.2. The second-order valence-electron chi connectivity index (χ2n) is 4.14. The maximum Gasteiger partial charge on any atom is 0.305 e. The first kappa shape index (κ1) is 9.93. The minimum atomic E-state index is -0.0613. The van der Waals surface area contributed by atoms with E-state index in [0.29, 0.717) is 18.3 Å². The lowest BCUT2D eigenvalue weighted by Gasteiger charge is -2.42. The molecule has 4 heteroatoms. The van der Waals surface area contributed by atoms with Crippen molar-refractivity contribution < 1.29 is 9.53 Å². The van der Waals surface area contributed by atoms with Gasteiger partial charge in [0.15, 0.2) is 0 Å². The number of carbonyl (C=O) groups excluding carboxylic acids is 1. The first-order chi connectivity index (χ1) is 6.81. The van der Waals surface area contributed by atoms with Crippen LogP contribution in [0.1, 0.15) is 13.3 Å². The largest absolute Gasteiger partial charge is 0.462 e. The zero-order valence-corrected chi connectivity index (χ0v) is 8.58. The highest BCUT2D eigenvalue weighted by molar-refractivity contribution is 5.69. The van der Waals surface area contributed by atoms with Crippen molar-refractivity contribution in [1.82, 2.24) is 10.6 Å². The molecule has 2 fully saturated rings. The first-order valence-corrected chi connectivity index (χ1v) is 5.42. The highest BCUT2D eigenvalue weighted by Crippen LogP contribution is 2.23. The van der Waals surface area contributed by atoms with Crippen LogP contribution in [0.3, 0.4) is 0 Å². The Labute approximate surface area is 84.4 Å². The summed E-state index contributed by atoms with van der Waals surface area (Å²) >= 11 is 0. The Morgan fingerprint density at radius 2 is 1.71 bits per heavy atom. The molecule has 0 unspecified atom stereocenters. The number of rotatable bonds is 2. The fourth-order valence-corrected chi connectivity index (χ4v) is 2.33. The van der Waals surface area contributed by atoms with Crippen molar-refractivity contribution in [2.24, 2.45) is 11.8 Å².